The molecule has 0 radical (unpaired) electrons. The Hall–Kier alpha value is -0.610. The standard InChI is InChI=1S/C9H12O4/c1-3-5-4(2)7-9(12-5)13-8(10)6(3)11-7/h3-7,9H,1-2H3/t3?,4?,5-,6?,7+,9?/m0/s1. The number of hydrogen-bond acceptors (Lipinski definition) is 4. The Bertz CT molecular complexity index is 264. The van der Waals surface area contributed by atoms with Gasteiger partial charge in [-0.25, -0.2) is 4.79 Å². The third kappa shape index (κ3) is 0.802. The summed E-state index contributed by atoms with van der Waals surface area (Å²) in [7, 11) is 0. The molecule has 3 aliphatic rings. The van der Waals surface area contributed by atoms with Gasteiger partial charge in [-0.2, -0.15) is 0 Å². The molecule has 3 heterocycles. The molecule has 0 aromatic heterocycles. The molecule has 3 fully saturated rings. The SMILES string of the molecule is CC1C2O[C@H]3C(OC2=O)O[C@@H]1C3C. The summed E-state index contributed by atoms with van der Waals surface area (Å²) in [5, 5.41) is 0. The Morgan fingerprint density at radius 3 is 2.62 bits per heavy atom. The summed E-state index contributed by atoms with van der Waals surface area (Å²) in [4.78, 5) is 11.3. The fourth-order valence-electron chi connectivity index (χ4n) is 2.59. The second-order valence-electron chi connectivity index (χ2n) is 4.15. The van der Waals surface area contributed by atoms with Gasteiger partial charge in [0.25, 0.3) is 0 Å². The van der Waals surface area contributed by atoms with Crippen LogP contribution in [0.4, 0.5) is 0 Å². The largest absolute Gasteiger partial charge is 0.431 e. The lowest BCUT2D eigenvalue weighted by Crippen LogP contribution is -2.53. The minimum atomic E-state index is -0.450. The monoisotopic (exact) mass is 184 g/mol. The van der Waals surface area contributed by atoms with Gasteiger partial charge in [-0.1, -0.05) is 13.8 Å². The first-order valence-electron chi connectivity index (χ1n) is 4.70. The molecule has 0 amide bonds. The molecular weight excluding hydrogens is 172 g/mol. The molecule has 0 N–H and O–H groups in total. The molecule has 3 bridgehead atoms. The van der Waals surface area contributed by atoms with Crippen molar-refractivity contribution >= 4 is 5.97 Å². The topological polar surface area (TPSA) is 44.8 Å². The zero-order valence-corrected chi connectivity index (χ0v) is 7.60. The summed E-state index contributed by atoms with van der Waals surface area (Å²) in [6.45, 7) is 4.07. The third-order valence-electron chi connectivity index (χ3n) is 3.36. The number of esters is 1. The molecule has 3 rings (SSSR count). The highest BCUT2D eigenvalue weighted by atomic mass is 16.8. The molecule has 0 aromatic rings. The number of ether oxygens (including phenoxy) is 3. The van der Waals surface area contributed by atoms with Gasteiger partial charge < -0.3 is 14.2 Å². The fraction of sp³-hybridized carbons (Fsp3) is 0.889. The van der Waals surface area contributed by atoms with Crippen LogP contribution in [0.1, 0.15) is 13.8 Å². The van der Waals surface area contributed by atoms with Crippen LogP contribution in [0.5, 0.6) is 0 Å². The summed E-state index contributed by atoms with van der Waals surface area (Å²) in [5.74, 6) is 0.193. The van der Waals surface area contributed by atoms with E-state index >= 15 is 0 Å². The Kier molecular flexibility index (Phi) is 1.34. The average Bonchev–Trinajstić information content (AvgIpc) is 2.25. The lowest BCUT2D eigenvalue weighted by molar-refractivity contribution is -0.225. The molecule has 0 aromatic carbocycles. The van der Waals surface area contributed by atoms with Gasteiger partial charge in [0.1, 0.15) is 6.10 Å². The van der Waals surface area contributed by atoms with E-state index in [0.717, 1.165) is 0 Å². The maximum Gasteiger partial charge on any atom is 0.338 e. The van der Waals surface area contributed by atoms with Gasteiger partial charge in [0, 0.05) is 11.8 Å². The van der Waals surface area contributed by atoms with Crippen LogP contribution >= 0.6 is 0 Å². The van der Waals surface area contributed by atoms with Crippen molar-refractivity contribution in [3.05, 3.63) is 0 Å². The Labute approximate surface area is 76.1 Å². The van der Waals surface area contributed by atoms with Gasteiger partial charge in [0.15, 0.2) is 6.10 Å². The zero-order valence-electron chi connectivity index (χ0n) is 7.60. The third-order valence-corrected chi connectivity index (χ3v) is 3.36. The van der Waals surface area contributed by atoms with Crippen molar-refractivity contribution in [2.45, 2.75) is 38.4 Å². The van der Waals surface area contributed by atoms with Crippen LogP contribution in [0, 0.1) is 11.8 Å². The molecular formula is C9H12O4. The number of rotatable bonds is 0. The molecule has 3 aliphatic heterocycles. The average molecular weight is 184 g/mol. The molecule has 4 heteroatoms. The van der Waals surface area contributed by atoms with E-state index in [4.69, 9.17) is 14.2 Å². The zero-order chi connectivity index (χ0) is 9.16. The Morgan fingerprint density at radius 2 is 1.85 bits per heavy atom. The van der Waals surface area contributed by atoms with Crippen molar-refractivity contribution in [3.8, 4) is 0 Å². The van der Waals surface area contributed by atoms with Gasteiger partial charge in [0.05, 0.1) is 6.10 Å². The molecule has 3 saturated heterocycles. The normalized spacial score (nSPS) is 58.2. The molecule has 0 saturated carbocycles. The van der Waals surface area contributed by atoms with Crippen LogP contribution in [0.3, 0.4) is 0 Å². The predicted octanol–water partition coefficient (Wildman–Crippen LogP) is 0.308. The minimum Gasteiger partial charge on any atom is -0.431 e. The molecule has 6 atom stereocenters. The second kappa shape index (κ2) is 2.25. The van der Waals surface area contributed by atoms with Gasteiger partial charge in [-0.15, -0.1) is 0 Å². The predicted molar refractivity (Wildman–Crippen MR) is 41.7 cm³/mol. The first-order chi connectivity index (χ1) is 6.18. The van der Waals surface area contributed by atoms with Crippen molar-refractivity contribution in [1.82, 2.24) is 0 Å². The van der Waals surface area contributed by atoms with E-state index in [9.17, 15) is 4.79 Å². The van der Waals surface area contributed by atoms with Crippen LogP contribution in [-0.4, -0.2) is 30.6 Å². The number of fused-ring (bicyclic) bond motifs is 2. The van der Waals surface area contributed by atoms with Gasteiger partial charge in [0.2, 0.25) is 6.29 Å². The van der Waals surface area contributed by atoms with Crippen molar-refractivity contribution in [2.75, 3.05) is 0 Å². The fourth-order valence-corrected chi connectivity index (χ4v) is 2.59. The van der Waals surface area contributed by atoms with Crippen molar-refractivity contribution in [1.29, 1.82) is 0 Å². The molecule has 4 nitrogen and oxygen atoms in total. The van der Waals surface area contributed by atoms with Crippen LogP contribution in [0.25, 0.3) is 0 Å². The molecule has 13 heavy (non-hydrogen) atoms. The van der Waals surface area contributed by atoms with E-state index < -0.39 is 12.4 Å². The quantitative estimate of drug-likeness (QED) is 0.508. The smallest absolute Gasteiger partial charge is 0.338 e. The molecule has 4 unspecified atom stereocenters. The lowest BCUT2D eigenvalue weighted by Gasteiger charge is -2.38. The van der Waals surface area contributed by atoms with E-state index in [-0.39, 0.29) is 24.1 Å². The highest BCUT2D eigenvalue weighted by Crippen LogP contribution is 2.44. The minimum absolute atomic E-state index is 0.0381. The van der Waals surface area contributed by atoms with Crippen LogP contribution in [-0.2, 0) is 19.0 Å². The van der Waals surface area contributed by atoms with Gasteiger partial charge in [-0.3, -0.25) is 0 Å². The summed E-state index contributed by atoms with van der Waals surface area (Å²) < 4.78 is 16.3. The van der Waals surface area contributed by atoms with Crippen LogP contribution in [0.15, 0.2) is 0 Å². The molecule has 0 spiro atoms. The first kappa shape index (κ1) is 7.76. The lowest BCUT2D eigenvalue weighted by atomic mass is 9.84. The van der Waals surface area contributed by atoms with E-state index in [1.807, 2.05) is 6.92 Å². The summed E-state index contributed by atoms with van der Waals surface area (Å²) in [6.07, 6.45) is -0.761. The van der Waals surface area contributed by atoms with Crippen molar-refractivity contribution in [3.63, 3.8) is 0 Å². The second-order valence-corrected chi connectivity index (χ2v) is 4.15. The first-order valence-corrected chi connectivity index (χ1v) is 4.70. The highest BCUT2D eigenvalue weighted by molar-refractivity contribution is 5.76. The highest BCUT2D eigenvalue weighted by Gasteiger charge is 2.59. The summed E-state index contributed by atoms with van der Waals surface area (Å²) in [5.41, 5.74) is 0. The Balaban J connectivity index is 2.02. The van der Waals surface area contributed by atoms with Crippen molar-refractivity contribution in [2.24, 2.45) is 11.8 Å². The van der Waals surface area contributed by atoms with E-state index in [1.165, 1.54) is 0 Å². The Morgan fingerprint density at radius 1 is 1.08 bits per heavy atom. The van der Waals surface area contributed by atoms with Gasteiger partial charge in [-0.05, 0) is 0 Å². The number of carbonyl (C=O) groups is 1. The van der Waals surface area contributed by atoms with Gasteiger partial charge >= 0.3 is 5.97 Å². The van der Waals surface area contributed by atoms with E-state index in [2.05, 4.69) is 6.92 Å². The molecule has 0 aliphatic carbocycles. The molecule has 72 valence electrons. The number of carbonyl (C=O) groups excluding carboxylic acids is 1. The van der Waals surface area contributed by atoms with E-state index in [0.29, 0.717) is 5.92 Å². The maximum atomic E-state index is 11.3. The number of hydrogen-bond donors (Lipinski definition) is 0. The maximum absolute atomic E-state index is 11.3. The van der Waals surface area contributed by atoms with Crippen molar-refractivity contribution < 1.29 is 19.0 Å². The van der Waals surface area contributed by atoms with E-state index in [1.54, 1.807) is 0 Å². The van der Waals surface area contributed by atoms with Crippen LogP contribution in [0.2, 0.25) is 0 Å². The summed E-state index contributed by atoms with van der Waals surface area (Å²) >= 11 is 0. The summed E-state index contributed by atoms with van der Waals surface area (Å²) in [6, 6.07) is 0. The van der Waals surface area contributed by atoms with Crippen LogP contribution < -0.4 is 0 Å².